The Morgan fingerprint density at radius 3 is 2.67 bits per heavy atom. The van der Waals surface area contributed by atoms with Gasteiger partial charge in [-0.15, -0.1) is 0 Å². The average Bonchev–Trinajstić information content (AvgIpc) is 2.38. The molecule has 1 aromatic rings. The van der Waals surface area contributed by atoms with E-state index in [-0.39, 0.29) is 18.4 Å². The number of amides is 1. The maximum Gasteiger partial charge on any atom is 0.227 e. The molecule has 0 aliphatic heterocycles. The second-order valence-corrected chi connectivity index (χ2v) is 5.24. The number of benzene rings is 1. The van der Waals surface area contributed by atoms with Gasteiger partial charge in [0.2, 0.25) is 5.91 Å². The first-order chi connectivity index (χ1) is 8.60. The van der Waals surface area contributed by atoms with Gasteiger partial charge in [-0.2, -0.15) is 0 Å². The van der Waals surface area contributed by atoms with Crippen LogP contribution in [-0.2, 0) is 11.2 Å². The summed E-state index contributed by atoms with van der Waals surface area (Å²) in [6.45, 7) is 2.51. The van der Waals surface area contributed by atoms with Gasteiger partial charge in [0, 0.05) is 18.1 Å². The molecule has 0 saturated carbocycles. The van der Waals surface area contributed by atoms with Crippen LogP contribution < -0.4 is 0 Å². The lowest BCUT2D eigenvalue weighted by Gasteiger charge is -2.22. The van der Waals surface area contributed by atoms with Crippen molar-refractivity contribution in [1.29, 1.82) is 0 Å². The Bertz CT molecular complexity index is 391. The standard InChI is InChI=1S/C14H20BrNO2/c1-3-11(10-17)14(18)16(2)9-8-12-6-4-5-7-13(12)15/h4-7,11,17H,3,8-10H2,1-2H3. The molecule has 0 aliphatic carbocycles. The maximum atomic E-state index is 12.0. The number of rotatable bonds is 6. The van der Waals surface area contributed by atoms with Crippen LogP contribution in [0.2, 0.25) is 0 Å². The molecule has 0 saturated heterocycles. The molecular formula is C14H20BrNO2. The molecule has 4 heteroatoms. The summed E-state index contributed by atoms with van der Waals surface area (Å²) >= 11 is 3.50. The van der Waals surface area contributed by atoms with Gasteiger partial charge in [-0.25, -0.2) is 0 Å². The van der Waals surface area contributed by atoms with Crippen LogP contribution >= 0.6 is 15.9 Å². The lowest BCUT2D eigenvalue weighted by Crippen LogP contribution is -2.35. The van der Waals surface area contributed by atoms with Crippen molar-refractivity contribution in [1.82, 2.24) is 4.90 Å². The summed E-state index contributed by atoms with van der Waals surface area (Å²) in [5.74, 6) is -0.249. The van der Waals surface area contributed by atoms with E-state index >= 15 is 0 Å². The topological polar surface area (TPSA) is 40.5 Å². The molecule has 0 aliphatic rings. The average molecular weight is 314 g/mol. The summed E-state index contributed by atoms with van der Waals surface area (Å²) in [6.07, 6.45) is 1.49. The van der Waals surface area contributed by atoms with Crippen LogP contribution in [0.3, 0.4) is 0 Å². The zero-order valence-electron chi connectivity index (χ0n) is 10.9. The van der Waals surface area contributed by atoms with Gasteiger partial charge in [0.25, 0.3) is 0 Å². The van der Waals surface area contributed by atoms with E-state index in [1.807, 2.05) is 31.2 Å². The lowest BCUT2D eigenvalue weighted by atomic mass is 10.1. The smallest absolute Gasteiger partial charge is 0.227 e. The summed E-state index contributed by atoms with van der Waals surface area (Å²) in [6, 6.07) is 8.01. The molecule has 1 atom stereocenters. The number of carbonyl (C=O) groups is 1. The van der Waals surface area contributed by atoms with E-state index < -0.39 is 0 Å². The fourth-order valence-electron chi connectivity index (χ4n) is 1.79. The van der Waals surface area contributed by atoms with Crippen molar-refractivity contribution >= 4 is 21.8 Å². The van der Waals surface area contributed by atoms with Crippen molar-refractivity contribution in [3.8, 4) is 0 Å². The molecule has 0 fully saturated rings. The minimum absolute atomic E-state index is 0.0204. The third-order valence-corrected chi connectivity index (χ3v) is 3.89. The molecule has 1 amide bonds. The lowest BCUT2D eigenvalue weighted by molar-refractivity contribution is -0.135. The first-order valence-electron chi connectivity index (χ1n) is 6.19. The Kier molecular flexibility index (Phi) is 6.36. The predicted octanol–water partition coefficient (Wildman–Crippen LogP) is 2.47. The van der Waals surface area contributed by atoms with Gasteiger partial charge in [0.05, 0.1) is 12.5 Å². The molecule has 0 spiro atoms. The quantitative estimate of drug-likeness (QED) is 0.876. The number of aliphatic hydroxyl groups is 1. The van der Waals surface area contributed by atoms with Crippen LogP contribution in [0.1, 0.15) is 18.9 Å². The highest BCUT2D eigenvalue weighted by Gasteiger charge is 2.19. The summed E-state index contributed by atoms with van der Waals surface area (Å²) in [5.41, 5.74) is 1.19. The zero-order chi connectivity index (χ0) is 13.5. The molecule has 1 unspecified atom stereocenters. The van der Waals surface area contributed by atoms with Crippen LogP contribution in [0.15, 0.2) is 28.7 Å². The van der Waals surface area contributed by atoms with Gasteiger partial charge in [0.1, 0.15) is 0 Å². The van der Waals surface area contributed by atoms with Crippen molar-refractivity contribution in [2.24, 2.45) is 5.92 Å². The van der Waals surface area contributed by atoms with Gasteiger partial charge >= 0.3 is 0 Å². The highest BCUT2D eigenvalue weighted by atomic mass is 79.9. The largest absolute Gasteiger partial charge is 0.396 e. The second-order valence-electron chi connectivity index (χ2n) is 4.39. The van der Waals surface area contributed by atoms with Gasteiger partial charge in [-0.1, -0.05) is 41.1 Å². The fraction of sp³-hybridized carbons (Fsp3) is 0.500. The summed E-state index contributed by atoms with van der Waals surface area (Å²) in [7, 11) is 1.79. The molecule has 1 rings (SSSR count). The Morgan fingerprint density at radius 1 is 1.44 bits per heavy atom. The number of nitrogens with zero attached hydrogens (tertiary/aromatic N) is 1. The highest BCUT2D eigenvalue weighted by molar-refractivity contribution is 9.10. The van der Waals surface area contributed by atoms with E-state index in [1.54, 1.807) is 11.9 Å². The Labute approximate surface area is 117 Å². The van der Waals surface area contributed by atoms with Crippen LogP contribution in [0.4, 0.5) is 0 Å². The molecule has 18 heavy (non-hydrogen) atoms. The van der Waals surface area contributed by atoms with E-state index in [1.165, 1.54) is 5.56 Å². The minimum atomic E-state index is -0.269. The third-order valence-electron chi connectivity index (χ3n) is 3.11. The number of halogens is 1. The van der Waals surface area contributed by atoms with Crippen molar-refractivity contribution in [3.63, 3.8) is 0 Å². The van der Waals surface area contributed by atoms with Gasteiger partial charge in [0.15, 0.2) is 0 Å². The zero-order valence-corrected chi connectivity index (χ0v) is 12.5. The van der Waals surface area contributed by atoms with Crippen molar-refractivity contribution in [3.05, 3.63) is 34.3 Å². The van der Waals surface area contributed by atoms with Crippen molar-refractivity contribution in [2.75, 3.05) is 20.2 Å². The SMILES string of the molecule is CCC(CO)C(=O)N(C)CCc1ccccc1Br. The minimum Gasteiger partial charge on any atom is -0.396 e. The summed E-state index contributed by atoms with van der Waals surface area (Å²) in [4.78, 5) is 13.7. The van der Waals surface area contributed by atoms with Crippen LogP contribution in [0.25, 0.3) is 0 Å². The molecule has 0 bridgehead atoms. The number of likely N-dealkylation sites (N-methyl/N-ethyl adjacent to an activating group) is 1. The molecule has 3 nitrogen and oxygen atoms in total. The van der Waals surface area contributed by atoms with E-state index in [9.17, 15) is 4.79 Å². The third kappa shape index (κ3) is 4.10. The number of hydrogen-bond acceptors (Lipinski definition) is 2. The van der Waals surface area contributed by atoms with E-state index in [4.69, 9.17) is 5.11 Å². The number of carbonyl (C=O) groups excluding carboxylic acids is 1. The van der Waals surface area contributed by atoms with Crippen molar-refractivity contribution in [2.45, 2.75) is 19.8 Å². The first kappa shape index (κ1) is 15.2. The fourth-order valence-corrected chi connectivity index (χ4v) is 2.28. The first-order valence-corrected chi connectivity index (χ1v) is 6.98. The molecule has 1 N–H and O–H groups in total. The predicted molar refractivity (Wildman–Crippen MR) is 76.3 cm³/mol. The van der Waals surface area contributed by atoms with Crippen LogP contribution in [-0.4, -0.2) is 36.1 Å². The summed E-state index contributed by atoms with van der Waals surface area (Å²) in [5, 5.41) is 9.12. The normalized spacial score (nSPS) is 12.2. The Hall–Kier alpha value is -0.870. The summed E-state index contributed by atoms with van der Waals surface area (Å²) < 4.78 is 1.07. The second kappa shape index (κ2) is 7.54. The van der Waals surface area contributed by atoms with Crippen LogP contribution in [0, 0.1) is 5.92 Å². The molecule has 0 heterocycles. The van der Waals surface area contributed by atoms with Crippen molar-refractivity contribution < 1.29 is 9.90 Å². The molecule has 0 radical (unpaired) electrons. The van der Waals surface area contributed by atoms with E-state index in [0.717, 1.165) is 10.9 Å². The van der Waals surface area contributed by atoms with Crippen LogP contribution in [0.5, 0.6) is 0 Å². The van der Waals surface area contributed by atoms with Gasteiger partial charge < -0.3 is 10.0 Å². The molecule has 1 aromatic carbocycles. The number of aliphatic hydroxyl groups excluding tert-OH is 1. The highest BCUT2D eigenvalue weighted by Crippen LogP contribution is 2.16. The Morgan fingerprint density at radius 2 is 2.11 bits per heavy atom. The molecule has 0 aromatic heterocycles. The van der Waals surface area contributed by atoms with E-state index in [0.29, 0.717) is 13.0 Å². The van der Waals surface area contributed by atoms with E-state index in [2.05, 4.69) is 15.9 Å². The molecule has 100 valence electrons. The monoisotopic (exact) mass is 313 g/mol. The van der Waals surface area contributed by atoms with Gasteiger partial charge in [-0.3, -0.25) is 4.79 Å². The Balaban J connectivity index is 2.53. The maximum absolute atomic E-state index is 12.0. The van der Waals surface area contributed by atoms with Gasteiger partial charge in [-0.05, 0) is 24.5 Å². The number of hydrogen-bond donors (Lipinski definition) is 1. The molecular weight excluding hydrogens is 294 g/mol.